The van der Waals surface area contributed by atoms with Crippen molar-refractivity contribution < 1.29 is 9.90 Å². The predicted octanol–water partition coefficient (Wildman–Crippen LogP) is 0.929. The van der Waals surface area contributed by atoms with Crippen molar-refractivity contribution in [1.29, 1.82) is 0 Å². The topological polar surface area (TPSA) is 56.7 Å². The molecule has 1 unspecified atom stereocenters. The van der Waals surface area contributed by atoms with Gasteiger partial charge in [-0.25, -0.2) is 0 Å². The van der Waals surface area contributed by atoms with Gasteiger partial charge in [0.05, 0.1) is 6.10 Å². The molecule has 1 aliphatic rings. The molecule has 1 N–H and O–H groups in total. The molecule has 1 saturated heterocycles. The largest absolute Gasteiger partial charge is 0.392 e. The van der Waals surface area contributed by atoms with Gasteiger partial charge in [0.25, 0.3) is 0 Å². The summed E-state index contributed by atoms with van der Waals surface area (Å²) in [6, 6.07) is 5.88. The van der Waals surface area contributed by atoms with E-state index in [0.717, 1.165) is 44.7 Å². The maximum atomic E-state index is 12.2. The molecule has 21 heavy (non-hydrogen) atoms. The van der Waals surface area contributed by atoms with Crippen LogP contribution in [-0.4, -0.2) is 64.6 Å². The van der Waals surface area contributed by atoms with E-state index in [-0.39, 0.29) is 12.0 Å². The highest BCUT2D eigenvalue weighted by atomic mass is 16.3. The summed E-state index contributed by atoms with van der Waals surface area (Å²) in [6.07, 6.45) is 3.79. The summed E-state index contributed by atoms with van der Waals surface area (Å²) in [5, 5.41) is 9.38. The summed E-state index contributed by atoms with van der Waals surface area (Å²) in [4.78, 5) is 20.6. The number of aliphatic hydroxyl groups excluding tert-OH is 1. The van der Waals surface area contributed by atoms with Gasteiger partial charge in [-0.2, -0.15) is 0 Å². The van der Waals surface area contributed by atoms with E-state index in [2.05, 4.69) is 9.88 Å². The third-order valence-corrected chi connectivity index (χ3v) is 3.80. The van der Waals surface area contributed by atoms with Gasteiger partial charge in [-0.15, -0.1) is 0 Å². The van der Waals surface area contributed by atoms with E-state index in [4.69, 9.17) is 0 Å². The van der Waals surface area contributed by atoms with E-state index in [1.165, 1.54) is 0 Å². The number of hydrogen-bond acceptors (Lipinski definition) is 4. The molecule has 1 aliphatic heterocycles. The Balaban J connectivity index is 1.65. The van der Waals surface area contributed by atoms with Crippen molar-refractivity contribution in [2.24, 2.45) is 0 Å². The first-order valence-corrected chi connectivity index (χ1v) is 7.73. The Morgan fingerprint density at radius 2 is 2.10 bits per heavy atom. The number of β-amino-alcohol motifs (C(OH)–C–C–N with tert-alkyl or cyclic N) is 1. The van der Waals surface area contributed by atoms with E-state index in [1.807, 2.05) is 23.1 Å². The van der Waals surface area contributed by atoms with E-state index >= 15 is 0 Å². The first kappa shape index (κ1) is 15.9. The number of amides is 1. The number of piperazine rings is 1. The minimum absolute atomic E-state index is 0.239. The molecule has 2 rings (SSSR count). The molecular formula is C16H25N3O2. The number of rotatable bonds is 6. The summed E-state index contributed by atoms with van der Waals surface area (Å²) in [7, 11) is 0. The van der Waals surface area contributed by atoms with Gasteiger partial charge in [-0.05, 0) is 31.9 Å². The van der Waals surface area contributed by atoms with E-state index in [9.17, 15) is 9.90 Å². The second-order valence-corrected chi connectivity index (χ2v) is 5.71. The highest BCUT2D eigenvalue weighted by Crippen LogP contribution is 2.08. The highest BCUT2D eigenvalue weighted by molar-refractivity contribution is 5.76. The van der Waals surface area contributed by atoms with Crippen LogP contribution in [0.3, 0.4) is 0 Å². The van der Waals surface area contributed by atoms with Crippen LogP contribution in [0.2, 0.25) is 0 Å². The van der Waals surface area contributed by atoms with Gasteiger partial charge in [0, 0.05) is 51.0 Å². The molecule has 0 aliphatic carbocycles. The lowest BCUT2D eigenvalue weighted by Gasteiger charge is -2.35. The van der Waals surface area contributed by atoms with Crippen LogP contribution in [0.25, 0.3) is 0 Å². The molecule has 0 aromatic carbocycles. The third-order valence-electron chi connectivity index (χ3n) is 3.80. The molecule has 0 saturated carbocycles. The van der Waals surface area contributed by atoms with Crippen LogP contribution < -0.4 is 0 Å². The Morgan fingerprint density at radius 1 is 1.33 bits per heavy atom. The minimum atomic E-state index is -0.300. The molecule has 1 aromatic rings. The molecule has 1 amide bonds. The van der Waals surface area contributed by atoms with Crippen molar-refractivity contribution in [1.82, 2.24) is 14.8 Å². The van der Waals surface area contributed by atoms with E-state index in [1.54, 1.807) is 13.1 Å². The molecule has 0 bridgehead atoms. The van der Waals surface area contributed by atoms with Crippen molar-refractivity contribution >= 4 is 5.91 Å². The maximum Gasteiger partial charge on any atom is 0.222 e. The number of aryl methyl sites for hydroxylation is 1. The maximum absolute atomic E-state index is 12.2. The Morgan fingerprint density at radius 3 is 2.71 bits per heavy atom. The zero-order valence-electron chi connectivity index (χ0n) is 12.7. The molecule has 5 nitrogen and oxygen atoms in total. The number of carbonyl (C=O) groups is 1. The molecule has 0 spiro atoms. The van der Waals surface area contributed by atoms with Crippen LogP contribution in [-0.2, 0) is 11.2 Å². The SMILES string of the molecule is CC(O)CN1CCN(C(=O)CCCc2ccccn2)CC1. The summed E-state index contributed by atoms with van der Waals surface area (Å²) in [5.41, 5.74) is 1.05. The zero-order chi connectivity index (χ0) is 15.1. The number of aromatic nitrogens is 1. The third kappa shape index (κ3) is 5.44. The zero-order valence-corrected chi connectivity index (χ0v) is 12.7. The summed E-state index contributed by atoms with van der Waals surface area (Å²) in [5.74, 6) is 0.239. The van der Waals surface area contributed by atoms with Crippen LogP contribution >= 0.6 is 0 Å². The van der Waals surface area contributed by atoms with Crippen molar-refractivity contribution in [2.45, 2.75) is 32.3 Å². The number of carbonyl (C=O) groups excluding carboxylic acids is 1. The number of aliphatic hydroxyl groups is 1. The monoisotopic (exact) mass is 291 g/mol. The number of hydrogen-bond donors (Lipinski definition) is 1. The highest BCUT2D eigenvalue weighted by Gasteiger charge is 2.21. The number of pyridine rings is 1. The first-order valence-electron chi connectivity index (χ1n) is 7.73. The molecule has 1 atom stereocenters. The van der Waals surface area contributed by atoms with Gasteiger partial charge < -0.3 is 10.0 Å². The standard InChI is InChI=1S/C16H25N3O2/c1-14(20)13-18-9-11-19(12-10-18)16(21)7-4-6-15-5-2-3-8-17-15/h2-3,5,8,14,20H,4,6-7,9-13H2,1H3. The van der Waals surface area contributed by atoms with Gasteiger partial charge in [0.2, 0.25) is 5.91 Å². The predicted molar refractivity (Wildman–Crippen MR) is 81.9 cm³/mol. The average Bonchev–Trinajstić information content (AvgIpc) is 2.48. The Hall–Kier alpha value is -1.46. The van der Waals surface area contributed by atoms with Gasteiger partial charge in [0.1, 0.15) is 0 Å². The fourth-order valence-electron chi connectivity index (χ4n) is 2.68. The van der Waals surface area contributed by atoms with Crippen LogP contribution in [0.4, 0.5) is 0 Å². The fraction of sp³-hybridized carbons (Fsp3) is 0.625. The molecule has 5 heteroatoms. The van der Waals surface area contributed by atoms with Crippen molar-refractivity contribution in [3.8, 4) is 0 Å². The van der Waals surface area contributed by atoms with E-state index < -0.39 is 0 Å². The molecular weight excluding hydrogens is 266 g/mol. The van der Waals surface area contributed by atoms with Gasteiger partial charge in [-0.1, -0.05) is 6.07 Å². The van der Waals surface area contributed by atoms with Crippen molar-refractivity contribution in [3.63, 3.8) is 0 Å². The van der Waals surface area contributed by atoms with Crippen LogP contribution in [0.15, 0.2) is 24.4 Å². The lowest BCUT2D eigenvalue weighted by molar-refractivity contribution is -0.133. The molecule has 0 radical (unpaired) electrons. The molecule has 116 valence electrons. The Kier molecular flexibility index (Phi) is 6.14. The first-order chi connectivity index (χ1) is 10.1. The van der Waals surface area contributed by atoms with Gasteiger partial charge >= 0.3 is 0 Å². The second-order valence-electron chi connectivity index (χ2n) is 5.71. The lowest BCUT2D eigenvalue weighted by Crippen LogP contribution is -2.50. The Bertz CT molecular complexity index is 428. The smallest absolute Gasteiger partial charge is 0.222 e. The minimum Gasteiger partial charge on any atom is -0.392 e. The molecule has 1 fully saturated rings. The molecule has 2 heterocycles. The summed E-state index contributed by atoms with van der Waals surface area (Å²) < 4.78 is 0. The molecule has 1 aromatic heterocycles. The van der Waals surface area contributed by atoms with Crippen molar-refractivity contribution in [2.75, 3.05) is 32.7 Å². The van der Waals surface area contributed by atoms with Gasteiger partial charge in [-0.3, -0.25) is 14.7 Å². The normalized spacial score (nSPS) is 17.7. The Labute approximate surface area is 126 Å². The summed E-state index contributed by atoms with van der Waals surface area (Å²) in [6.45, 7) is 5.76. The fourth-order valence-corrected chi connectivity index (χ4v) is 2.68. The van der Waals surface area contributed by atoms with Crippen LogP contribution in [0.1, 0.15) is 25.5 Å². The van der Waals surface area contributed by atoms with Crippen molar-refractivity contribution in [3.05, 3.63) is 30.1 Å². The average molecular weight is 291 g/mol. The van der Waals surface area contributed by atoms with Gasteiger partial charge in [0.15, 0.2) is 0 Å². The second kappa shape index (κ2) is 8.10. The quantitative estimate of drug-likeness (QED) is 0.847. The van der Waals surface area contributed by atoms with Crippen LogP contribution in [0.5, 0.6) is 0 Å². The van der Waals surface area contributed by atoms with E-state index in [0.29, 0.717) is 13.0 Å². The lowest BCUT2D eigenvalue weighted by atomic mass is 10.1. The summed E-state index contributed by atoms with van der Waals surface area (Å²) >= 11 is 0. The van der Waals surface area contributed by atoms with Crippen LogP contribution in [0, 0.1) is 0 Å². The number of nitrogens with zero attached hydrogens (tertiary/aromatic N) is 3.